The van der Waals surface area contributed by atoms with Crippen LogP contribution < -0.4 is 9.47 Å². The second-order valence-corrected chi connectivity index (χ2v) is 7.24. The van der Waals surface area contributed by atoms with Crippen molar-refractivity contribution in [2.45, 2.75) is 13.3 Å². The highest BCUT2D eigenvalue weighted by Gasteiger charge is 2.24. The van der Waals surface area contributed by atoms with E-state index in [1.165, 1.54) is 5.56 Å². The number of hydrogen-bond acceptors (Lipinski definition) is 4. The zero-order valence-corrected chi connectivity index (χ0v) is 16.1. The van der Waals surface area contributed by atoms with Gasteiger partial charge in [-0.25, -0.2) is 4.98 Å². The summed E-state index contributed by atoms with van der Waals surface area (Å²) >= 11 is 9.02. The van der Waals surface area contributed by atoms with Gasteiger partial charge in [0.1, 0.15) is 10.5 Å². The zero-order valence-electron chi connectivity index (χ0n) is 13.7. The molecule has 0 amide bonds. The van der Waals surface area contributed by atoms with Crippen molar-refractivity contribution in [3.8, 4) is 28.8 Å². The molecule has 2 heterocycles. The molecule has 0 radical (unpaired) electrons. The molecule has 3 aromatic rings. The first kappa shape index (κ1) is 16.3. The number of aromatic nitrogens is 2. The van der Waals surface area contributed by atoms with Crippen LogP contribution in [0.25, 0.3) is 11.4 Å². The standard InChI is InChI=1S/C19H15BrN2O2S/c1-10-3-5-11(6-4-10)17-21-18-14(19(25)22-17)8-12-7-13(20)9-15(23-2)16(12)24-18/h3-7,9H,8H2,1-2H3,(H,21,22,25). The van der Waals surface area contributed by atoms with Crippen molar-refractivity contribution < 1.29 is 9.47 Å². The number of fused-ring (bicyclic) bond motifs is 2. The molecular formula is C19H15BrN2O2S. The third kappa shape index (κ3) is 2.96. The van der Waals surface area contributed by atoms with E-state index < -0.39 is 0 Å². The van der Waals surface area contributed by atoms with Crippen LogP contribution >= 0.6 is 28.1 Å². The van der Waals surface area contributed by atoms with Gasteiger partial charge >= 0.3 is 0 Å². The predicted octanol–water partition coefficient (Wildman–Crippen LogP) is 5.58. The minimum absolute atomic E-state index is 0.550. The van der Waals surface area contributed by atoms with Crippen molar-refractivity contribution in [2.75, 3.05) is 7.11 Å². The Morgan fingerprint density at radius 3 is 2.72 bits per heavy atom. The van der Waals surface area contributed by atoms with Crippen LogP contribution in [-0.2, 0) is 6.42 Å². The van der Waals surface area contributed by atoms with E-state index in [1.54, 1.807) is 7.11 Å². The largest absolute Gasteiger partial charge is 0.493 e. The number of aromatic amines is 1. The van der Waals surface area contributed by atoms with Crippen molar-refractivity contribution in [3.63, 3.8) is 0 Å². The Bertz CT molecular complexity index is 1030. The van der Waals surface area contributed by atoms with Crippen LogP contribution in [0.5, 0.6) is 17.4 Å². The van der Waals surface area contributed by atoms with E-state index in [-0.39, 0.29) is 0 Å². The van der Waals surface area contributed by atoms with Gasteiger partial charge in [0.25, 0.3) is 0 Å². The lowest BCUT2D eigenvalue weighted by molar-refractivity contribution is 0.365. The van der Waals surface area contributed by atoms with Crippen molar-refractivity contribution in [1.29, 1.82) is 0 Å². The quantitative estimate of drug-likeness (QED) is 0.434. The van der Waals surface area contributed by atoms with E-state index in [9.17, 15) is 0 Å². The lowest BCUT2D eigenvalue weighted by Gasteiger charge is -2.22. The van der Waals surface area contributed by atoms with E-state index in [2.05, 4.69) is 32.8 Å². The van der Waals surface area contributed by atoms with E-state index >= 15 is 0 Å². The number of methoxy groups -OCH3 is 1. The van der Waals surface area contributed by atoms with Crippen molar-refractivity contribution >= 4 is 28.1 Å². The number of aryl methyl sites for hydroxylation is 1. The highest BCUT2D eigenvalue weighted by Crippen LogP contribution is 2.43. The summed E-state index contributed by atoms with van der Waals surface area (Å²) in [6.07, 6.45) is 0.650. The SMILES string of the molecule is COc1cc(Br)cc2c1Oc1[nH]c(-c3ccc(C)cc3)nc(=S)c1C2. The summed E-state index contributed by atoms with van der Waals surface area (Å²) < 4.78 is 13.1. The van der Waals surface area contributed by atoms with E-state index in [0.717, 1.165) is 21.2 Å². The number of halogens is 1. The summed E-state index contributed by atoms with van der Waals surface area (Å²) in [6, 6.07) is 12.0. The second-order valence-electron chi connectivity index (χ2n) is 5.94. The summed E-state index contributed by atoms with van der Waals surface area (Å²) in [5, 5.41) is 0. The number of benzene rings is 2. The molecule has 126 valence electrons. The van der Waals surface area contributed by atoms with E-state index in [0.29, 0.717) is 34.3 Å². The molecule has 0 aliphatic carbocycles. The maximum atomic E-state index is 6.11. The Labute approximate surface area is 159 Å². The van der Waals surface area contributed by atoms with Gasteiger partial charge in [-0.1, -0.05) is 58.0 Å². The first-order chi connectivity index (χ1) is 12.0. The van der Waals surface area contributed by atoms with Crippen molar-refractivity contribution in [1.82, 2.24) is 9.97 Å². The van der Waals surface area contributed by atoms with Crippen LogP contribution in [0, 0.1) is 11.6 Å². The normalized spacial score (nSPS) is 12.1. The molecule has 4 rings (SSSR count). The Morgan fingerprint density at radius 1 is 1.24 bits per heavy atom. The molecule has 0 saturated carbocycles. The minimum Gasteiger partial charge on any atom is -0.493 e. The number of hydrogen-bond donors (Lipinski definition) is 1. The van der Waals surface area contributed by atoms with Crippen LogP contribution in [-0.4, -0.2) is 17.1 Å². The van der Waals surface area contributed by atoms with Gasteiger partial charge in [-0.3, -0.25) is 0 Å². The topological polar surface area (TPSA) is 47.1 Å². The van der Waals surface area contributed by atoms with Gasteiger partial charge < -0.3 is 14.5 Å². The number of nitrogens with one attached hydrogen (secondary N) is 1. The Hall–Kier alpha value is -2.18. The second kappa shape index (κ2) is 6.28. The maximum Gasteiger partial charge on any atom is 0.205 e. The van der Waals surface area contributed by atoms with Crippen LogP contribution in [0.3, 0.4) is 0 Å². The Kier molecular flexibility index (Phi) is 4.09. The average Bonchev–Trinajstić information content (AvgIpc) is 2.60. The van der Waals surface area contributed by atoms with Gasteiger partial charge in [-0.05, 0) is 19.1 Å². The monoisotopic (exact) mass is 414 g/mol. The molecule has 0 atom stereocenters. The van der Waals surface area contributed by atoms with Gasteiger partial charge in [-0.15, -0.1) is 0 Å². The first-order valence-corrected chi connectivity index (χ1v) is 9.00. The fourth-order valence-corrected chi connectivity index (χ4v) is 3.62. The zero-order chi connectivity index (χ0) is 17.6. The third-order valence-corrected chi connectivity index (χ3v) is 4.99. The fourth-order valence-electron chi connectivity index (χ4n) is 2.88. The molecule has 0 bridgehead atoms. The van der Waals surface area contributed by atoms with Crippen LogP contribution in [0.15, 0.2) is 40.9 Å². The number of rotatable bonds is 2. The Morgan fingerprint density at radius 2 is 2.00 bits per heavy atom. The van der Waals surface area contributed by atoms with Gasteiger partial charge in [0.05, 0.1) is 12.7 Å². The summed E-state index contributed by atoms with van der Waals surface area (Å²) in [4.78, 5) is 7.84. The number of H-pyrrole nitrogens is 1. The van der Waals surface area contributed by atoms with E-state index in [1.807, 2.05) is 36.4 Å². The molecule has 0 unspecified atom stereocenters. The van der Waals surface area contributed by atoms with Crippen molar-refractivity contribution in [3.05, 3.63) is 62.2 Å². The summed E-state index contributed by atoms with van der Waals surface area (Å²) in [5.41, 5.74) is 4.07. The van der Waals surface area contributed by atoms with Gasteiger partial charge in [0.2, 0.25) is 5.88 Å². The van der Waals surface area contributed by atoms with Gasteiger partial charge in [-0.2, -0.15) is 0 Å². The maximum absolute atomic E-state index is 6.11. The molecule has 0 spiro atoms. The molecule has 6 heteroatoms. The smallest absolute Gasteiger partial charge is 0.205 e. The molecule has 1 aliphatic rings. The van der Waals surface area contributed by atoms with E-state index in [4.69, 9.17) is 21.7 Å². The molecule has 0 saturated heterocycles. The minimum atomic E-state index is 0.550. The molecule has 1 aromatic heterocycles. The van der Waals surface area contributed by atoms with Gasteiger partial charge in [0.15, 0.2) is 11.5 Å². The van der Waals surface area contributed by atoms with Gasteiger partial charge in [0, 0.05) is 22.0 Å². The predicted molar refractivity (Wildman–Crippen MR) is 103 cm³/mol. The number of ether oxygens (including phenoxy) is 2. The summed E-state index contributed by atoms with van der Waals surface area (Å²) in [6.45, 7) is 2.05. The molecule has 1 N–H and O–H groups in total. The first-order valence-electron chi connectivity index (χ1n) is 7.79. The molecule has 2 aromatic carbocycles. The molecule has 0 fully saturated rings. The lowest BCUT2D eigenvalue weighted by atomic mass is 10.0. The summed E-state index contributed by atoms with van der Waals surface area (Å²) in [5.74, 6) is 2.72. The van der Waals surface area contributed by atoms with Crippen LogP contribution in [0.4, 0.5) is 0 Å². The molecular weight excluding hydrogens is 400 g/mol. The lowest BCUT2D eigenvalue weighted by Crippen LogP contribution is -2.09. The Balaban J connectivity index is 1.83. The van der Waals surface area contributed by atoms with Crippen LogP contribution in [0.2, 0.25) is 0 Å². The fraction of sp³-hybridized carbons (Fsp3) is 0.158. The average molecular weight is 415 g/mol. The number of nitrogens with zero attached hydrogens (tertiary/aromatic N) is 1. The van der Waals surface area contributed by atoms with Crippen molar-refractivity contribution in [2.24, 2.45) is 0 Å². The summed E-state index contributed by atoms with van der Waals surface area (Å²) in [7, 11) is 1.63. The van der Waals surface area contributed by atoms with Crippen LogP contribution in [0.1, 0.15) is 16.7 Å². The molecule has 4 nitrogen and oxygen atoms in total. The highest BCUT2D eigenvalue weighted by atomic mass is 79.9. The molecule has 1 aliphatic heterocycles. The molecule has 25 heavy (non-hydrogen) atoms. The highest BCUT2D eigenvalue weighted by molar-refractivity contribution is 9.10. The third-order valence-electron chi connectivity index (χ3n) is 4.19.